The summed E-state index contributed by atoms with van der Waals surface area (Å²) in [6.45, 7) is 0. The van der Waals surface area contributed by atoms with Crippen LogP contribution in [0.2, 0.25) is 0 Å². The number of nitrogens with zero attached hydrogens (tertiary/aromatic N) is 1. The van der Waals surface area contributed by atoms with Crippen LogP contribution < -0.4 is 5.73 Å². The normalized spacial score (nSPS) is 11.5. The molecule has 7 heteroatoms. The van der Waals surface area contributed by atoms with Gasteiger partial charge in [-0.3, -0.25) is 0 Å². The minimum absolute atomic E-state index is 0.307. The highest BCUT2D eigenvalue weighted by Crippen LogP contribution is 2.32. The number of halogens is 1. The summed E-state index contributed by atoms with van der Waals surface area (Å²) in [6, 6.07) is 8.46. The molecule has 0 atom stereocenters. The molecule has 1 aromatic heterocycles. The van der Waals surface area contributed by atoms with Crippen LogP contribution in [0, 0.1) is 0 Å². The summed E-state index contributed by atoms with van der Waals surface area (Å²) in [4.78, 5) is 5.43. The lowest BCUT2D eigenvalue weighted by atomic mass is 10.4. The van der Waals surface area contributed by atoms with Crippen LogP contribution >= 0.6 is 27.7 Å². The van der Waals surface area contributed by atoms with Crippen molar-refractivity contribution in [2.75, 3.05) is 12.0 Å². The van der Waals surface area contributed by atoms with Crippen LogP contribution in [0.3, 0.4) is 0 Å². The number of hydrogen-bond donors (Lipinski definition) is 1. The first-order chi connectivity index (χ1) is 8.86. The Kier molecular flexibility index (Phi) is 4.17. The Balaban J connectivity index is 2.25. The molecule has 100 valence electrons. The highest BCUT2D eigenvalue weighted by atomic mass is 79.9. The van der Waals surface area contributed by atoms with Crippen LogP contribution in [0.5, 0.6) is 0 Å². The molecule has 0 aliphatic heterocycles. The average Bonchev–Trinajstić information content (AvgIpc) is 2.32. The summed E-state index contributed by atoms with van der Waals surface area (Å²) < 4.78 is 23.5. The highest BCUT2D eigenvalue weighted by Gasteiger charge is 2.08. The molecular formula is C12H11BrN2O2S2. The van der Waals surface area contributed by atoms with Crippen molar-refractivity contribution < 1.29 is 8.42 Å². The van der Waals surface area contributed by atoms with Gasteiger partial charge < -0.3 is 5.73 Å². The van der Waals surface area contributed by atoms with E-state index in [1.807, 2.05) is 0 Å². The maximum atomic E-state index is 11.4. The number of rotatable bonds is 3. The molecule has 0 saturated carbocycles. The largest absolute Gasteiger partial charge is 0.397 e. The first-order valence-corrected chi connectivity index (χ1v) is 8.75. The molecular weight excluding hydrogens is 348 g/mol. The molecule has 2 aromatic rings. The molecule has 0 aliphatic rings. The van der Waals surface area contributed by atoms with E-state index in [2.05, 4.69) is 20.9 Å². The monoisotopic (exact) mass is 358 g/mol. The summed E-state index contributed by atoms with van der Waals surface area (Å²) in [6.07, 6.45) is 2.77. The predicted octanol–water partition coefficient (Wildman–Crippen LogP) is 2.98. The van der Waals surface area contributed by atoms with E-state index >= 15 is 0 Å². The molecule has 2 N–H and O–H groups in total. The second kappa shape index (κ2) is 5.52. The highest BCUT2D eigenvalue weighted by molar-refractivity contribution is 9.10. The van der Waals surface area contributed by atoms with Crippen LogP contribution in [0.4, 0.5) is 5.69 Å². The molecule has 0 aliphatic carbocycles. The Labute approximate surface area is 124 Å². The number of hydrogen-bond acceptors (Lipinski definition) is 5. The van der Waals surface area contributed by atoms with Crippen LogP contribution in [0.25, 0.3) is 0 Å². The number of sulfone groups is 1. The smallest absolute Gasteiger partial charge is 0.175 e. The van der Waals surface area contributed by atoms with Gasteiger partial charge in [0.2, 0.25) is 0 Å². The van der Waals surface area contributed by atoms with E-state index in [-0.39, 0.29) is 0 Å². The van der Waals surface area contributed by atoms with Crippen LogP contribution in [0.15, 0.2) is 55.8 Å². The maximum Gasteiger partial charge on any atom is 0.175 e. The van der Waals surface area contributed by atoms with Gasteiger partial charge in [-0.1, -0.05) is 11.8 Å². The number of pyridine rings is 1. The van der Waals surface area contributed by atoms with Gasteiger partial charge in [0.05, 0.1) is 21.3 Å². The number of anilines is 1. The molecule has 0 saturated heterocycles. The molecule has 2 rings (SSSR count). The first-order valence-electron chi connectivity index (χ1n) is 5.25. The fourth-order valence-electron chi connectivity index (χ4n) is 1.38. The molecule has 0 spiro atoms. The minimum Gasteiger partial charge on any atom is -0.397 e. The zero-order valence-electron chi connectivity index (χ0n) is 10.00. The van der Waals surface area contributed by atoms with Crippen molar-refractivity contribution in [2.24, 2.45) is 0 Å². The first kappa shape index (κ1) is 14.4. The third kappa shape index (κ3) is 3.71. The third-order valence-electron chi connectivity index (χ3n) is 2.29. The molecule has 0 radical (unpaired) electrons. The molecule has 1 aromatic carbocycles. The lowest BCUT2D eigenvalue weighted by Crippen LogP contribution is -1.96. The van der Waals surface area contributed by atoms with Crippen LogP contribution in [-0.2, 0) is 9.84 Å². The topological polar surface area (TPSA) is 73.0 Å². The van der Waals surface area contributed by atoms with Crippen molar-refractivity contribution in [2.45, 2.75) is 14.8 Å². The van der Waals surface area contributed by atoms with Gasteiger partial charge in [-0.2, -0.15) is 0 Å². The number of aromatic nitrogens is 1. The molecule has 0 unspecified atom stereocenters. The Morgan fingerprint density at radius 3 is 2.42 bits per heavy atom. The van der Waals surface area contributed by atoms with Gasteiger partial charge >= 0.3 is 0 Å². The van der Waals surface area contributed by atoms with Crippen LogP contribution in [-0.4, -0.2) is 19.7 Å². The molecule has 0 fully saturated rings. The standard InChI is InChI=1S/C12H11BrN2O2S2/c1-19(16,17)10-4-2-9(3-5-10)18-12-11(13)6-8(14)7-15-12/h2-7H,14H2,1H3. The van der Waals surface area contributed by atoms with Crippen LogP contribution in [0.1, 0.15) is 0 Å². The molecule has 19 heavy (non-hydrogen) atoms. The summed E-state index contributed by atoms with van der Waals surface area (Å²) >= 11 is 4.83. The van der Waals surface area contributed by atoms with Gasteiger partial charge in [-0.05, 0) is 46.3 Å². The van der Waals surface area contributed by atoms with E-state index in [1.165, 1.54) is 18.0 Å². The summed E-state index contributed by atoms with van der Waals surface area (Å²) in [5.74, 6) is 0. The van der Waals surface area contributed by atoms with E-state index in [0.717, 1.165) is 14.4 Å². The Hall–Kier alpha value is -1.05. The van der Waals surface area contributed by atoms with Crippen molar-refractivity contribution in [3.8, 4) is 0 Å². The molecule has 0 amide bonds. The van der Waals surface area contributed by atoms with E-state index < -0.39 is 9.84 Å². The predicted molar refractivity (Wildman–Crippen MR) is 80.0 cm³/mol. The second-order valence-electron chi connectivity index (χ2n) is 3.90. The van der Waals surface area contributed by atoms with Gasteiger partial charge in [0, 0.05) is 11.2 Å². The van der Waals surface area contributed by atoms with Gasteiger partial charge in [-0.15, -0.1) is 0 Å². The van der Waals surface area contributed by atoms with Gasteiger partial charge in [0.25, 0.3) is 0 Å². The fraction of sp³-hybridized carbons (Fsp3) is 0.0833. The fourth-order valence-corrected chi connectivity index (χ4v) is 3.38. The van der Waals surface area contributed by atoms with Gasteiger partial charge in [0.1, 0.15) is 5.03 Å². The summed E-state index contributed by atoms with van der Waals surface area (Å²) in [7, 11) is -3.16. The zero-order chi connectivity index (χ0) is 14.0. The number of nitrogen functional groups attached to an aromatic ring is 1. The number of benzene rings is 1. The van der Waals surface area contributed by atoms with Gasteiger partial charge in [0.15, 0.2) is 9.84 Å². The third-order valence-corrected chi connectivity index (χ3v) is 5.32. The lowest BCUT2D eigenvalue weighted by Gasteiger charge is -2.05. The summed E-state index contributed by atoms with van der Waals surface area (Å²) in [5, 5.41) is 0.779. The van der Waals surface area contributed by atoms with Crippen molar-refractivity contribution >= 4 is 43.2 Å². The Bertz CT molecular complexity index is 700. The van der Waals surface area contributed by atoms with E-state index in [1.54, 1.807) is 36.5 Å². The SMILES string of the molecule is CS(=O)(=O)c1ccc(Sc2ncc(N)cc2Br)cc1. The summed E-state index contributed by atoms with van der Waals surface area (Å²) in [5.41, 5.74) is 6.21. The van der Waals surface area contributed by atoms with Crippen molar-refractivity contribution in [1.82, 2.24) is 4.98 Å². The van der Waals surface area contributed by atoms with Crippen molar-refractivity contribution in [1.29, 1.82) is 0 Å². The van der Waals surface area contributed by atoms with E-state index in [9.17, 15) is 8.42 Å². The lowest BCUT2D eigenvalue weighted by molar-refractivity contribution is 0.602. The molecule has 0 bridgehead atoms. The van der Waals surface area contributed by atoms with E-state index in [0.29, 0.717) is 10.6 Å². The molecule has 1 heterocycles. The zero-order valence-corrected chi connectivity index (χ0v) is 13.2. The minimum atomic E-state index is -3.16. The van der Waals surface area contributed by atoms with Crippen molar-refractivity contribution in [3.63, 3.8) is 0 Å². The maximum absolute atomic E-state index is 11.4. The van der Waals surface area contributed by atoms with Crippen molar-refractivity contribution in [3.05, 3.63) is 41.0 Å². The van der Waals surface area contributed by atoms with E-state index in [4.69, 9.17) is 5.73 Å². The molecule has 4 nitrogen and oxygen atoms in total. The quantitative estimate of drug-likeness (QED) is 0.912. The van der Waals surface area contributed by atoms with Gasteiger partial charge in [-0.25, -0.2) is 13.4 Å². The Morgan fingerprint density at radius 2 is 1.89 bits per heavy atom. The average molecular weight is 359 g/mol. The number of nitrogens with two attached hydrogens (primary N) is 1. The Morgan fingerprint density at radius 1 is 1.26 bits per heavy atom. The second-order valence-corrected chi connectivity index (χ2v) is 7.83.